The number of anilines is 2. The Hall–Kier alpha value is -1.29. The molecule has 0 bridgehead atoms. The molecule has 4 heteroatoms. The van der Waals surface area contributed by atoms with Gasteiger partial charge < -0.3 is 15.8 Å². The van der Waals surface area contributed by atoms with Gasteiger partial charge in [-0.1, -0.05) is 0 Å². The lowest BCUT2D eigenvalue weighted by atomic mass is 10.2. The molecular weight excluding hydrogens is 166 g/mol. The minimum atomic E-state index is 0.359. The molecule has 1 aliphatic heterocycles. The Bertz CT molecular complexity index is 284. The van der Waals surface area contributed by atoms with Gasteiger partial charge in [0.2, 0.25) is 0 Å². The summed E-state index contributed by atoms with van der Waals surface area (Å²) in [6.07, 6.45) is 2.75. The third-order valence-electron chi connectivity index (χ3n) is 2.11. The summed E-state index contributed by atoms with van der Waals surface area (Å²) in [6.45, 7) is 1.57. The summed E-state index contributed by atoms with van der Waals surface area (Å²) in [5, 5.41) is 3.25. The van der Waals surface area contributed by atoms with Crippen molar-refractivity contribution < 1.29 is 4.74 Å². The Balaban J connectivity index is 2.04. The zero-order valence-corrected chi connectivity index (χ0v) is 7.36. The minimum absolute atomic E-state index is 0.359. The molecule has 1 aromatic heterocycles. The number of nitrogens with zero attached hydrogens (tertiary/aromatic N) is 1. The van der Waals surface area contributed by atoms with Crippen molar-refractivity contribution in [3.05, 3.63) is 18.3 Å². The van der Waals surface area contributed by atoms with E-state index in [-0.39, 0.29) is 0 Å². The Morgan fingerprint density at radius 1 is 1.62 bits per heavy atom. The smallest absolute Gasteiger partial charge is 0.149 e. The van der Waals surface area contributed by atoms with Gasteiger partial charge >= 0.3 is 0 Å². The Kier molecular flexibility index (Phi) is 2.31. The van der Waals surface area contributed by atoms with Crippen molar-refractivity contribution in [1.82, 2.24) is 4.98 Å². The van der Waals surface area contributed by atoms with Gasteiger partial charge in [-0.15, -0.1) is 0 Å². The van der Waals surface area contributed by atoms with E-state index >= 15 is 0 Å². The van der Waals surface area contributed by atoms with Crippen LogP contribution in [0.25, 0.3) is 0 Å². The van der Waals surface area contributed by atoms with Crippen LogP contribution in [0.1, 0.15) is 6.42 Å². The van der Waals surface area contributed by atoms with Gasteiger partial charge in [-0.05, 0) is 18.6 Å². The summed E-state index contributed by atoms with van der Waals surface area (Å²) in [4.78, 5) is 4.15. The van der Waals surface area contributed by atoms with Crippen LogP contribution in [-0.4, -0.2) is 24.2 Å². The molecule has 3 N–H and O–H groups in total. The molecule has 1 fully saturated rings. The molecule has 1 atom stereocenters. The summed E-state index contributed by atoms with van der Waals surface area (Å²) in [6, 6.07) is 4.02. The predicted molar refractivity (Wildman–Crippen MR) is 51.5 cm³/mol. The average molecular weight is 179 g/mol. The van der Waals surface area contributed by atoms with E-state index in [2.05, 4.69) is 10.3 Å². The van der Waals surface area contributed by atoms with Gasteiger partial charge in [-0.3, -0.25) is 0 Å². The molecular formula is C9H13N3O. The number of hydrogen-bond acceptors (Lipinski definition) is 4. The van der Waals surface area contributed by atoms with Crippen molar-refractivity contribution >= 4 is 11.5 Å². The quantitative estimate of drug-likeness (QED) is 0.707. The molecule has 1 saturated heterocycles. The maximum absolute atomic E-state index is 5.73. The maximum atomic E-state index is 5.73. The molecule has 1 aliphatic rings. The van der Waals surface area contributed by atoms with Gasteiger partial charge in [0.1, 0.15) is 5.82 Å². The molecule has 0 spiro atoms. The molecule has 1 unspecified atom stereocenters. The third-order valence-corrected chi connectivity index (χ3v) is 2.11. The number of aromatic nitrogens is 1. The standard InChI is InChI=1S/C9H13N3O/c10-8-2-1-4-11-9(8)12-7-3-5-13-6-7/h1-2,4,7H,3,5-6,10H2,(H,11,12). The Morgan fingerprint density at radius 2 is 2.54 bits per heavy atom. The number of ether oxygens (including phenoxy) is 1. The molecule has 4 nitrogen and oxygen atoms in total. The Morgan fingerprint density at radius 3 is 3.23 bits per heavy atom. The van der Waals surface area contributed by atoms with Crippen LogP contribution in [0.4, 0.5) is 11.5 Å². The fourth-order valence-electron chi connectivity index (χ4n) is 1.38. The summed E-state index contributed by atoms with van der Waals surface area (Å²) < 4.78 is 5.24. The number of nitrogens with two attached hydrogens (primary N) is 1. The van der Waals surface area contributed by atoms with Crippen LogP contribution in [0.5, 0.6) is 0 Å². The van der Waals surface area contributed by atoms with Crippen molar-refractivity contribution in [1.29, 1.82) is 0 Å². The number of nitrogen functional groups attached to an aromatic ring is 1. The molecule has 13 heavy (non-hydrogen) atoms. The van der Waals surface area contributed by atoms with Gasteiger partial charge in [0.05, 0.1) is 18.3 Å². The predicted octanol–water partition coefficient (Wildman–Crippen LogP) is 0.865. The third kappa shape index (κ3) is 1.89. The van der Waals surface area contributed by atoms with Crippen LogP contribution < -0.4 is 11.1 Å². The highest BCUT2D eigenvalue weighted by Crippen LogP contribution is 2.17. The molecule has 2 heterocycles. The fraction of sp³-hybridized carbons (Fsp3) is 0.444. The molecule has 0 aliphatic carbocycles. The fourth-order valence-corrected chi connectivity index (χ4v) is 1.38. The van der Waals surface area contributed by atoms with E-state index in [1.807, 2.05) is 12.1 Å². The van der Waals surface area contributed by atoms with Gasteiger partial charge in [0.15, 0.2) is 0 Å². The first kappa shape index (κ1) is 8.31. The SMILES string of the molecule is Nc1cccnc1NC1CCOC1. The first-order chi connectivity index (χ1) is 6.36. The van der Waals surface area contributed by atoms with Crippen LogP contribution in [0.2, 0.25) is 0 Å². The van der Waals surface area contributed by atoms with E-state index in [9.17, 15) is 0 Å². The molecule has 0 aromatic carbocycles. The number of nitrogens with one attached hydrogen (secondary N) is 1. The number of hydrogen-bond donors (Lipinski definition) is 2. The second-order valence-electron chi connectivity index (χ2n) is 3.15. The van der Waals surface area contributed by atoms with Crippen LogP contribution in [-0.2, 0) is 4.74 Å². The van der Waals surface area contributed by atoms with Gasteiger partial charge in [-0.25, -0.2) is 4.98 Å². The van der Waals surface area contributed by atoms with Crippen LogP contribution in [0.3, 0.4) is 0 Å². The van der Waals surface area contributed by atoms with Crippen LogP contribution in [0.15, 0.2) is 18.3 Å². The zero-order valence-electron chi connectivity index (χ0n) is 7.36. The van der Waals surface area contributed by atoms with E-state index in [1.165, 1.54) is 0 Å². The monoisotopic (exact) mass is 179 g/mol. The highest BCUT2D eigenvalue weighted by atomic mass is 16.5. The lowest BCUT2D eigenvalue weighted by Crippen LogP contribution is -2.20. The van der Waals surface area contributed by atoms with Crippen molar-refractivity contribution in [3.63, 3.8) is 0 Å². The second kappa shape index (κ2) is 3.62. The van der Waals surface area contributed by atoms with Crippen molar-refractivity contribution in [3.8, 4) is 0 Å². The summed E-state index contributed by atoms with van der Waals surface area (Å²) >= 11 is 0. The van der Waals surface area contributed by atoms with Crippen LogP contribution in [0, 0.1) is 0 Å². The van der Waals surface area contributed by atoms with Crippen molar-refractivity contribution in [2.75, 3.05) is 24.3 Å². The van der Waals surface area contributed by atoms with Crippen LogP contribution >= 0.6 is 0 Å². The first-order valence-corrected chi connectivity index (χ1v) is 4.41. The van der Waals surface area contributed by atoms with E-state index in [1.54, 1.807) is 6.20 Å². The number of pyridine rings is 1. The van der Waals surface area contributed by atoms with E-state index in [0.717, 1.165) is 25.5 Å². The van der Waals surface area contributed by atoms with Gasteiger partial charge in [0, 0.05) is 12.8 Å². The lowest BCUT2D eigenvalue weighted by molar-refractivity contribution is 0.195. The molecule has 1 aromatic rings. The molecule has 2 rings (SSSR count). The highest BCUT2D eigenvalue weighted by Gasteiger charge is 2.16. The maximum Gasteiger partial charge on any atom is 0.149 e. The summed E-state index contributed by atoms with van der Waals surface area (Å²) in [5.74, 6) is 0.762. The largest absolute Gasteiger partial charge is 0.396 e. The Labute approximate surface area is 77.1 Å². The molecule has 0 saturated carbocycles. The normalized spacial score (nSPS) is 21.7. The van der Waals surface area contributed by atoms with Crippen molar-refractivity contribution in [2.45, 2.75) is 12.5 Å². The second-order valence-corrected chi connectivity index (χ2v) is 3.15. The zero-order chi connectivity index (χ0) is 9.10. The van der Waals surface area contributed by atoms with Gasteiger partial charge in [-0.2, -0.15) is 0 Å². The molecule has 0 radical (unpaired) electrons. The van der Waals surface area contributed by atoms with Crippen molar-refractivity contribution in [2.24, 2.45) is 0 Å². The molecule has 0 amide bonds. The lowest BCUT2D eigenvalue weighted by Gasteiger charge is -2.12. The summed E-state index contributed by atoms with van der Waals surface area (Å²) in [5.41, 5.74) is 6.42. The van der Waals surface area contributed by atoms with E-state index in [0.29, 0.717) is 11.7 Å². The highest BCUT2D eigenvalue weighted by molar-refractivity contribution is 5.60. The number of rotatable bonds is 2. The van der Waals surface area contributed by atoms with E-state index in [4.69, 9.17) is 10.5 Å². The first-order valence-electron chi connectivity index (χ1n) is 4.41. The topological polar surface area (TPSA) is 60.2 Å². The minimum Gasteiger partial charge on any atom is -0.396 e. The van der Waals surface area contributed by atoms with E-state index < -0.39 is 0 Å². The van der Waals surface area contributed by atoms with Gasteiger partial charge in [0.25, 0.3) is 0 Å². The summed E-state index contributed by atoms with van der Waals surface area (Å²) in [7, 11) is 0. The molecule has 70 valence electrons. The average Bonchev–Trinajstić information content (AvgIpc) is 2.61.